The molecule has 2 aromatic rings. The van der Waals surface area contributed by atoms with Crippen LogP contribution < -0.4 is 5.32 Å². The Bertz CT molecular complexity index is 803. The molecule has 1 aromatic heterocycles. The van der Waals surface area contributed by atoms with Crippen molar-refractivity contribution in [2.75, 3.05) is 7.05 Å². The molecule has 25 heavy (non-hydrogen) atoms. The molecule has 5 N–H and O–H groups in total. The van der Waals surface area contributed by atoms with Crippen LogP contribution >= 0.6 is 0 Å². The van der Waals surface area contributed by atoms with Crippen molar-refractivity contribution in [2.45, 2.75) is 32.8 Å². The number of nitrogens with zero attached hydrogens (tertiary/aromatic N) is 1. The van der Waals surface area contributed by atoms with E-state index in [4.69, 9.17) is 0 Å². The Morgan fingerprint density at radius 1 is 1.16 bits per heavy atom. The molecule has 6 nitrogen and oxygen atoms in total. The zero-order chi connectivity index (χ0) is 18.4. The monoisotopic (exact) mass is 341 g/mol. The summed E-state index contributed by atoms with van der Waals surface area (Å²) in [4.78, 5) is 3.14. The first kappa shape index (κ1) is 18.9. The normalized spacial score (nSPS) is 10.7. The van der Waals surface area contributed by atoms with Gasteiger partial charge in [0.05, 0.1) is 19.8 Å². The van der Waals surface area contributed by atoms with Crippen molar-refractivity contribution < 1.29 is 15.3 Å². The van der Waals surface area contributed by atoms with E-state index in [1.165, 1.54) is 0 Å². The van der Waals surface area contributed by atoms with Gasteiger partial charge in [-0.3, -0.25) is 0 Å². The van der Waals surface area contributed by atoms with E-state index in [1.807, 2.05) is 13.1 Å². The van der Waals surface area contributed by atoms with Gasteiger partial charge in [-0.05, 0) is 41.3 Å². The van der Waals surface area contributed by atoms with Crippen LogP contribution in [0.3, 0.4) is 0 Å². The SMILES string of the molecule is C=CCc1c(C#N)[nH]c(CNC)c1-c1ccc(CO)c(CO)c1CO. The molecule has 0 radical (unpaired) electrons. The average Bonchev–Trinajstić information content (AvgIpc) is 2.98. The Labute approximate surface area is 147 Å². The summed E-state index contributed by atoms with van der Waals surface area (Å²) in [6.45, 7) is 3.50. The standard InChI is InChI=1S/C19H23N3O3/c1-3-4-14-17(7-20)22-18(8-21-2)19(14)13-6-5-12(9-23)15(10-24)16(13)11-25/h3,5-6,21-25H,1,4,8-11H2,2H3. The molecular formula is C19H23N3O3. The van der Waals surface area contributed by atoms with E-state index in [-0.39, 0.29) is 19.8 Å². The summed E-state index contributed by atoms with van der Waals surface area (Å²) >= 11 is 0. The Kier molecular flexibility index (Phi) is 6.51. The number of benzene rings is 1. The third-order valence-electron chi connectivity index (χ3n) is 4.28. The molecule has 0 aliphatic rings. The first-order valence-electron chi connectivity index (χ1n) is 8.02. The lowest BCUT2D eigenvalue weighted by Crippen LogP contribution is -2.08. The highest BCUT2D eigenvalue weighted by Gasteiger charge is 2.22. The minimum Gasteiger partial charge on any atom is -0.392 e. The predicted octanol–water partition coefficient (Wildman–Crippen LogP) is 1.48. The Morgan fingerprint density at radius 2 is 1.88 bits per heavy atom. The van der Waals surface area contributed by atoms with Crippen molar-refractivity contribution in [3.8, 4) is 17.2 Å². The van der Waals surface area contributed by atoms with Gasteiger partial charge >= 0.3 is 0 Å². The Balaban J connectivity index is 2.82. The van der Waals surface area contributed by atoms with E-state index < -0.39 is 0 Å². The van der Waals surface area contributed by atoms with Gasteiger partial charge in [0.15, 0.2) is 0 Å². The summed E-state index contributed by atoms with van der Waals surface area (Å²) in [5, 5.41) is 41.6. The number of aromatic amines is 1. The summed E-state index contributed by atoms with van der Waals surface area (Å²) in [6, 6.07) is 5.72. The highest BCUT2D eigenvalue weighted by atomic mass is 16.3. The first-order valence-corrected chi connectivity index (χ1v) is 8.02. The molecule has 0 amide bonds. The molecule has 1 aromatic carbocycles. The maximum atomic E-state index is 9.91. The lowest BCUT2D eigenvalue weighted by Gasteiger charge is -2.17. The average molecular weight is 341 g/mol. The molecule has 0 saturated carbocycles. The number of hydrogen-bond acceptors (Lipinski definition) is 5. The van der Waals surface area contributed by atoms with E-state index in [1.54, 1.807) is 12.1 Å². The third kappa shape index (κ3) is 3.50. The molecule has 6 heteroatoms. The smallest absolute Gasteiger partial charge is 0.122 e. The molecule has 0 unspecified atom stereocenters. The van der Waals surface area contributed by atoms with E-state index in [0.717, 1.165) is 22.4 Å². The number of aliphatic hydroxyl groups excluding tert-OH is 3. The maximum absolute atomic E-state index is 9.91. The van der Waals surface area contributed by atoms with E-state index in [0.29, 0.717) is 35.3 Å². The van der Waals surface area contributed by atoms with Crippen LogP contribution in [0.4, 0.5) is 0 Å². The minimum atomic E-state index is -0.284. The maximum Gasteiger partial charge on any atom is 0.122 e. The summed E-state index contributed by atoms with van der Waals surface area (Å²) in [5.74, 6) is 0. The van der Waals surface area contributed by atoms with Gasteiger partial charge in [-0.15, -0.1) is 6.58 Å². The van der Waals surface area contributed by atoms with Crippen LogP contribution in [-0.4, -0.2) is 27.4 Å². The summed E-state index contributed by atoms with van der Waals surface area (Å²) in [6.07, 6.45) is 2.23. The van der Waals surface area contributed by atoms with Crippen LogP contribution in [0.2, 0.25) is 0 Å². The molecular weight excluding hydrogens is 318 g/mol. The summed E-state index contributed by atoms with van der Waals surface area (Å²) in [7, 11) is 1.81. The fourth-order valence-corrected chi connectivity index (χ4v) is 3.18. The van der Waals surface area contributed by atoms with Crippen LogP contribution in [0.5, 0.6) is 0 Å². The second-order valence-corrected chi connectivity index (χ2v) is 5.67. The van der Waals surface area contributed by atoms with Crippen molar-refractivity contribution in [2.24, 2.45) is 0 Å². The fraction of sp³-hybridized carbons (Fsp3) is 0.316. The second-order valence-electron chi connectivity index (χ2n) is 5.67. The zero-order valence-corrected chi connectivity index (χ0v) is 14.3. The molecule has 0 spiro atoms. The van der Waals surface area contributed by atoms with E-state index >= 15 is 0 Å². The fourth-order valence-electron chi connectivity index (χ4n) is 3.18. The van der Waals surface area contributed by atoms with Crippen molar-refractivity contribution in [3.05, 3.63) is 58.4 Å². The van der Waals surface area contributed by atoms with Crippen LogP contribution in [0.1, 0.15) is 33.6 Å². The molecule has 0 fully saturated rings. The van der Waals surface area contributed by atoms with Gasteiger partial charge in [0.2, 0.25) is 0 Å². The highest BCUT2D eigenvalue weighted by Crippen LogP contribution is 2.36. The molecule has 132 valence electrons. The van der Waals surface area contributed by atoms with Crippen LogP contribution in [0.25, 0.3) is 11.1 Å². The number of nitriles is 1. The minimum absolute atomic E-state index is 0.220. The van der Waals surface area contributed by atoms with Crippen LogP contribution in [0.15, 0.2) is 24.8 Å². The topological polar surface area (TPSA) is 112 Å². The van der Waals surface area contributed by atoms with Crippen molar-refractivity contribution in [3.63, 3.8) is 0 Å². The van der Waals surface area contributed by atoms with Gasteiger partial charge in [-0.2, -0.15) is 5.26 Å². The third-order valence-corrected chi connectivity index (χ3v) is 4.28. The lowest BCUT2D eigenvalue weighted by molar-refractivity contribution is 0.248. The Morgan fingerprint density at radius 3 is 2.40 bits per heavy atom. The number of H-pyrrole nitrogens is 1. The van der Waals surface area contributed by atoms with Gasteiger partial charge < -0.3 is 25.6 Å². The van der Waals surface area contributed by atoms with Gasteiger partial charge in [-0.25, -0.2) is 0 Å². The van der Waals surface area contributed by atoms with E-state index in [2.05, 4.69) is 22.9 Å². The molecule has 0 saturated heterocycles. The molecule has 0 bridgehead atoms. The number of rotatable bonds is 8. The highest BCUT2D eigenvalue weighted by molar-refractivity contribution is 5.77. The lowest BCUT2D eigenvalue weighted by atomic mass is 9.89. The first-order chi connectivity index (χ1) is 12.2. The van der Waals surface area contributed by atoms with E-state index in [9.17, 15) is 20.6 Å². The largest absolute Gasteiger partial charge is 0.392 e. The number of hydrogen-bond donors (Lipinski definition) is 5. The number of nitrogens with one attached hydrogen (secondary N) is 2. The van der Waals surface area contributed by atoms with Gasteiger partial charge in [0.25, 0.3) is 0 Å². The van der Waals surface area contributed by atoms with Crippen LogP contribution in [-0.2, 0) is 32.8 Å². The molecule has 1 heterocycles. The number of allylic oxidation sites excluding steroid dienone is 1. The summed E-state index contributed by atoms with van der Waals surface area (Å²) < 4.78 is 0. The quantitative estimate of drug-likeness (QED) is 0.467. The zero-order valence-electron chi connectivity index (χ0n) is 14.3. The van der Waals surface area contributed by atoms with Gasteiger partial charge in [0, 0.05) is 17.8 Å². The second kappa shape index (κ2) is 8.60. The summed E-state index contributed by atoms with van der Waals surface area (Å²) in [5.41, 5.74) is 5.30. The van der Waals surface area contributed by atoms with Crippen molar-refractivity contribution in [1.82, 2.24) is 10.3 Å². The molecule has 0 aliphatic heterocycles. The number of aromatic nitrogens is 1. The molecule has 0 aliphatic carbocycles. The molecule has 2 rings (SSSR count). The van der Waals surface area contributed by atoms with Crippen molar-refractivity contribution in [1.29, 1.82) is 5.26 Å². The van der Waals surface area contributed by atoms with Crippen LogP contribution in [0, 0.1) is 11.3 Å². The van der Waals surface area contributed by atoms with Gasteiger partial charge in [0.1, 0.15) is 11.8 Å². The predicted molar refractivity (Wildman–Crippen MR) is 95.4 cm³/mol. The molecule has 0 atom stereocenters. The van der Waals surface area contributed by atoms with Gasteiger partial charge in [-0.1, -0.05) is 18.2 Å². The Hall–Kier alpha value is -2.43. The number of aliphatic hydroxyl groups is 3. The van der Waals surface area contributed by atoms with Crippen molar-refractivity contribution >= 4 is 0 Å².